The topological polar surface area (TPSA) is 34.9 Å². The van der Waals surface area contributed by atoms with E-state index in [1.54, 1.807) is 15.9 Å². The fourth-order valence-corrected chi connectivity index (χ4v) is 3.69. The minimum Gasteiger partial charge on any atom is -0.284 e. The van der Waals surface area contributed by atoms with E-state index in [9.17, 15) is 4.79 Å². The normalized spacial score (nSPS) is 10.8. The van der Waals surface area contributed by atoms with Crippen LogP contribution in [0.1, 0.15) is 23.2 Å². The average Bonchev–Trinajstić information content (AvgIpc) is 2.94. The van der Waals surface area contributed by atoms with E-state index in [4.69, 9.17) is 23.0 Å². The SMILES string of the molecule is C#CCn1c(Cc2cccc(Cl)c2)nc2sc(CC)cc2c1=O. The van der Waals surface area contributed by atoms with Gasteiger partial charge < -0.3 is 0 Å². The molecule has 0 aliphatic heterocycles. The van der Waals surface area contributed by atoms with Gasteiger partial charge in [0.2, 0.25) is 0 Å². The Balaban J connectivity index is 2.16. The summed E-state index contributed by atoms with van der Waals surface area (Å²) in [6.45, 7) is 2.28. The summed E-state index contributed by atoms with van der Waals surface area (Å²) in [7, 11) is 0. The summed E-state index contributed by atoms with van der Waals surface area (Å²) in [5, 5.41) is 1.32. The molecule has 2 aromatic heterocycles. The Kier molecular flexibility index (Phi) is 4.51. The molecule has 0 atom stereocenters. The largest absolute Gasteiger partial charge is 0.284 e. The van der Waals surface area contributed by atoms with Crippen molar-refractivity contribution in [2.45, 2.75) is 26.3 Å². The number of hydrogen-bond acceptors (Lipinski definition) is 3. The molecule has 0 bridgehead atoms. The van der Waals surface area contributed by atoms with Gasteiger partial charge in [-0.3, -0.25) is 9.36 Å². The molecule has 3 nitrogen and oxygen atoms in total. The molecule has 0 saturated heterocycles. The van der Waals surface area contributed by atoms with Crippen LogP contribution in [0.15, 0.2) is 35.1 Å². The molecule has 0 unspecified atom stereocenters. The van der Waals surface area contributed by atoms with Crippen LogP contribution in [0, 0.1) is 12.3 Å². The van der Waals surface area contributed by atoms with Crippen LogP contribution < -0.4 is 5.56 Å². The van der Waals surface area contributed by atoms with Gasteiger partial charge in [0.15, 0.2) is 0 Å². The van der Waals surface area contributed by atoms with E-state index in [0.29, 0.717) is 22.7 Å². The minimum absolute atomic E-state index is 0.0686. The molecule has 5 heteroatoms. The van der Waals surface area contributed by atoms with E-state index in [1.165, 1.54) is 0 Å². The third-order valence-electron chi connectivity index (χ3n) is 3.63. The maximum atomic E-state index is 12.7. The minimum atomic E-state index is -0.0686. The maximum Gasteiger partial charge on any atom is 0.263 e. The number of aromatic nitrogens is 2. The molecular weight excluding hydrogens is 328 g/mol. The van der Waals surface area contributed by atoms with Gasteiger partial charge in [0.1, 0.15) is 10.7 Å². The Hall–Kier alpha value is -2.09. The van der Waals surface area contributed by atoms with E-state index in [2.05, 4.69) is 12.8 Å². The van der Waals surface area contributed by atoms with Crippen LogP contribution in [0.4, 0.5) is 0 Å². The Morgan fingerprint density at radius 3 is 2.91 bits per heavy atom. The molecule has 2 heterocycles. The van der Waals surface area contributed by atoms with Crippen LogP contribution >= 0.6 is 22.9 Å². The van der Waals surface area contributed by atoms with E-state index < -0.39 is 0 Å². The quantitative estimate of drug-likeness (QED) is 0.674. The van der Waals surface area contributed by atoms with E-state index in [0.717, 1.165) is 21.7 Å². The number of nitrogens with zero attached hydrogens (tertiary/aromatic N) is 2. The van der Waals surface area contributed by atoms with Crippen molar-refractivity contribution in [2.75, 3.05) is 0 Å². The van der Waals surface area contributed by atoms with Gasteiger partial charge in [0.05, 0.1) is 11.9 Å². The molecule has 0 spiro atoms. The third-order valence-corrected chi connectivity index (χ3v) is 5.04. The zero-order valence-corrected chi connectivity index (χ0v) is 14.2. The van der Waals surface area contributed by atoms with Crippen molar-refractivity contribution in [3.8, 4) is 12.3 Å². The molecule has 0 N–H and O–H groups in total. The van der Waals surface area contributed by atoms with Crippen molar-refractivity contribution in [3.63, 3.8) is 0 Å². The highest BCUT2D eigenvalue weighted by molar-refractivity contribution is 7.18. The maximum absolute atomic E-state index is 12.7. The fourth-order valence-electron chi connectivity index (χ4n) is 2.50. The van der Waals surface area contributed by atoms with Gasteiger partial charge in [-0.15, -0.1) is 17.8 Å². The molecule has 0 fully saturated rings. The van der Waals surface area contributed by atoms with Crippen LogP contribution in [0.25, 0.3) is 10.2 Å². The highest BCUT2D eigenvalue weighted by atomic mass is 35.5. The highest BCUT2D eigenvalue weighted by Crippen LogP contribution is 2.23. The van der Waals surface area contributed by atoms with Gasteiger partial charge in [-0.2, -0.15) is 0 Å². The first-order valence-corrected chi connectivity index (χ1v) is 8.52. The number of aryl methyl sites for hydroxylation is 1. The van der Waals surface area contributed by atoms with Gasteiger partial charge in [0, 0.05) is 16.3 Å². The van der Waals surface area contributed by atoms with Gasteiger partial charge >= 0.3 is 0 Å². The molecule has 0 amide bonds. The zero-order valence-electron chi connectivity index (χ0n) is 12.7. The second kappa shape index (κ2) is 6.57. The molecule has 0 radical (unpaired) electrons. The van der Waals surface area contributed by atoms with Gasteiger partial charge in [-0.1, -0.05) is 36.6 Å². The lowest BCUT2D eigenvalue weighted by atomic mass is 10.1. The predicted octanol–water partition coefficient (Wildman–Crippen LogP) is 3.90. The molecule has 0 saturated carbocycles. The molecule has 1 aromatic carbocycles. The molecule has 3 rings (SSSR count). The molecule has 116 valence electrons. The number of terminal acetylenes is 1. The number of benzene rings is 1. The highest BCUT2D eigenvalue weighted by Gasteiger charge is 2.13. The fraction of sp³-hybridized carbons (Fsp3) is 0.222. The first kappa shape index (κ1) is 15.8. The molecular formula is C18H15ClN2OS. The summed E-state index contributed by atoms with van der Waals surface area (Å²) in [4.78, 5) is 19.3. The number of thiophene rings is 1. The third kappa shape index (κ3) is 3.17. The molecule has 23 heavy (non-hydrogen) atoms. The zero-order chi connectivity index (χ0) is 16.4. The Labute approximate surface area is 143 Å². The molecule has 0 aliphatic carbocycles. The van der Waals surface area contributed by atoms with Crippen LogP contribution in [0.3, 0.4) is 0 Å². The standard InChI is InChI=1S/C18H15ClN2OS/c1-3-8-21-16(10-12-6-5-7-13(19)9-12)20-17-15(18(21)22)11-14(4-2)23-17/h1,5-7,9,11H,4,8,10H2,2H3. The second-order valence-corrected chi connectivity index (χ2v) is 6.77. The lowest BCUT2D eigenvalue weighted by Gasteiger charge is -2.10. The summed E-state index contributed by atoms with van der Waals surface area (Å²) < 4.78 is 1.58. The first-order valence-electron chi connectivity index (χ1n) is 7.32. The summed E-state index contributed by atoms with van der Waals surface area (Å²) in [6, 6.07) is 9.48. The Morgan fingerprint density at radius 1 is 1.39 bits per heavy atom. The van der Waals surface area contributed by atoms with E-state index in [1.807, 2.05) is 30.3 Å². The van der Waals surface area contributed by atoms with Crippen molar-refractivity contribution in [1.29, 1.82) is 0 Å². The van der Waals surface area contributed by atoms with Crippen LogP contribution in [0.5, 0.6) is 0 Å². The van der Waals surface area contributed by atoms with Gasteiger partial charge in [-0.25, -0.2) is 4.98 Å². The Morgan fingerprint density at radius 2 is 2.22 bits per heavy atom. The van der Waals surface area contributed by atoms with Crippen molar-refractivity contribution in [1.82, 2.24) is 9.55 Å². The van der Waals surface area contributed by atoms with Crippen LogP contribution in [0.2, 0.25) is 5.02 Å². The van der Waals surface area contributed by atoms with E-state index >= 15 is 0 Å². The smallest absolute Gasteiger partial charge is 0.263 e. The van der Waals surface area contributed by atoms with Crippen LogP contribution in [-0.4, -0.2) is 9.55 Å². The van der Waals surface area contributed by atoms with Crippen molar-refractivity contribution in [3.05, 3.63) is 62.0 Å². The number of halogens is 1. The van der Waals surface area contributed by atoms with Gasteiger partial charge in [-0.05, 0) is 30.2 Å². The lowest BCUT2D eigenvalue weighted by Crippen LogP contribution is -2.24. The number of fused-ring (bicyclic) bond motifs is 1. The van der Waals surface area contributed by atoms with Crippen molar-refractivity contribution >= 4 is 33.2 Å². The van der Waals surface area contributed by atoms with Crippen molar-refractivity contribution < 1.29 is 0 Å². The number of hydrogen-bond donors (Lipinski definition) is 0. The first-order chi connectivity index (χ1) is 11.1. The summed E-state index contributed by atoms with van der Waals surface area (Å²) in [5.41, 5.74) is 0.933. The monoisotopic (exact) mass is 342 g/mol. The molecule has 3 aromatic rings. The lowest BCUT2D eigenvalue weighted by molar-refractivity contribution is 0.720. The van der Waals surface area contributed by atoms with Crippen molar-refractivity contribution in [2.24, 2.45) is 0 Å². The molecule has 0 aliphatic rings. The predicted molar refractivity (Wildman–Crippen MR) is 96.3 cm³/mol. The summed E-state index contributed by atoms with van der Waals surface area (Å²) >= 11 is 7.61. The van der Waals surface area contributed by atoms with Gasteiger partial charge in [0.25, 0.3) is 5.56 Å². The average molecular weight is 343 g/mol. The second-order valence-electron chi connectivity index (χ2n) is 5.22. The summed E-state index contributed by atoms with van der Waals surface area (Å²) in [6.07, 6.45) is 6.84. The van der Waals surface area contributed by atoms with E-state index in [-0.39, 0.29) is 12.1 Å². The van der Waals surface area contributed by atoms with Crippen LogP contribution in [-0.2, 0) is 19.4 Å². The number of rotatable bonds is 4. The summed E-state index contributed by atoms with van der Waals surface area (Å²) in [5.74, 6) is 3.22. The Bertz CT molecular complexity index is 965.